The van der Waals surface area contributed by atoms with E-state index in [-0.39, 0.29) is 12.3 Å². The zero-order chi connectivity index (χ0) is 21.7. The predicted molar refractivity (Wildman–Crippen MR) is 109 cm³/mol. The van der Waals surface area contributed by atoms with Crippen LogP contribution in [0.15, 0.2) is 53.3 Å². The lowest BCUT2D eigenvalue weighted by molar-refractivity contribution is -0.117. The Bertz CT molecular complexity index is 1110. The Balaban J connectivity index is 1.85. The molecular formula is C21H20FN3O5. The van der Waals surface area contributed by atoms with Gasteiger partial charge in [-0.1, -0.05) is 0 Å². The smallest absolute Gasteiger partial charge is 0.267 e. The predicted octanol–water partition coefficient (Wildman–Crippen LogP) is 2.71. The molecule has 3 aromatic rings. The van der Waals surface area contributed by atoms with Gasteiger partial charge in [0, 0.05) is 41.6 Å². The molecular weight excluding hydrogens is 393 g/mol. The Morgan fingerprint density at radius 2 is 1.70 bits per heavy atom. The Hall–Kier alpha value is -3.88. The van der Waals surface area contributed by atoms with Crippen LogP contribution in [0.5, 0.6) is 17.2 Å². The van der Waals surface area contributed by atoms with Gasteiger partial charge in [0.1, 0.15) is 29.6 Å². The molecule has 0 bridgehead atoms. The molecule has 8 nitrogen and oxygen atoms in total. The first kappa shape index (κ1) is 20.8. The molecule has 0 unspecified atom stereocenters. The van der Waals surface area contributed by atoms with Crippen LogP contribution in [0.2, 0.25) is 0 Å². The number of amides is 1. The number of benzene rings is 2. The molecule has 0 aliphatic rings. The molecule has 0 radical (unpaired) electrons. The Morgan fingerprint density at radius 3 is 2.33 bits per heavy atom. The van der Waals surface area contributed by atoms with Gasteiger partial charge in [0.15, 0.2) is 0 Å². The third kappa shape index (κ3) is 4.75. The van der Waals surface area contributed by atoms with Crippen molar-refractivity contribution in [2.75, 3.05) is 26.6 Å². The number of halogens is 1. The minimum atomic E-state index is -0.469. The highest BCUT2D eigenvalue weighted by Crippen LogP contribution is 2.28. The van der Waals surface area contributed by atoms with Gasteiger partial charge in [0.2, 0.25) is 5.91 Å². The molecule has 1 amide bonds. The topological polar surface area (TPSA) is 91.7 Å². The first-order chi connectivity index (χ1) is 14.4. The maximum Gasteiger partial charge on any atom is 0.267 e. The van der Waals surface area contributed by atoms with Gasteiger partial charge in [-0.05, 0) is 18.2 Å². The number of anilines is 1. The number of carbonyl (C=O) groups is 1. The van der Waals surface area contributed by atoms with Crippen LogP contribution in [0.25, 0.3) is 11.3 Å². The van der Waals surface area contributed by atoms with Crippen LogP contribution in [-0.4, -0.2) is 37.0 Å². The third-order valence-corrected chi connectivity index (χ3v) is 4.23. The van der Waals surface area contributed by atoms with Crippen molar-refractivity contribution in [3.8, 4) is 28.5 Å². The molecule has 0 fully saturated rings. The summed E-state index contributed by atoms with van der Waals surface area (Å²) in [6, 6.07) is 11.7. The first-order valence-corrected chi connectivity index (χ1v) is 8.88. The molecule has 0 aliphatic carbocycles. The van der Waals surface area contributed by atoms with Gasteiger partial charge in [-0.2, -0.15) is 5.10 Å². The van der Waals surface area contributed by atoms with E-state index >= 15 is 0 Å². The molecule has 0 aliphatic heterocycles. The second-order valence-electron chi connectivity index (χ2n) is 6.21. The maximum absolute atomic E-state index is 13.5. The number of ether oxygens (including phenoxy) is 3. The van der Waals surface area contributed by atoms with Gasteiger partial charge in [0.25, 0.3) is 5.56 Å². The highest BCUT2D eigenvalue weighted by atomic mass is 19.1. The van der Waals surface area contributed by atoms with E-state index in [2.05, 4.69) is 10.4 Å². The molecule has 9 heteroatoms. The molecule has 156 valence electrons. The molecule has 2 aromatic carbocycles. The van der Waals surface area contributed by atoms with E-state index in [4.69, 9.17) is 14.2 Å². The van der Waals surface area contributed by atoms with Crippen LogP contribution in [0.3, 0.4) is 0 Å². The number of hydrogen-bond acceptors (Lipinski definition) is 6. The molecule has 0 atom stereocenters. The standard InChI is InChI=1S/C21H20FN3O5/c1-28-15-9-14(10-16(11-15)29-2)23-20(26)12-25-21(27)7-6-18(24-25)17-5-4-13(22)8-19(17)30-3/h4-11H,12H2,1-3H3,(H,23,26). The summed E-state index contributed by atoms with van der Waals surface area (Å²) < 4.78 is 30.0. The lowest BCUT2D eigenvalue weighted by Crippen LogP contribution is -2.29. The van der Waals surface area contributed by atoms with Crippen molar-refractivity contribution in [3.05, 3.63) is 64.7 Å². The summed E-state index contributed by atoms with van der Waals surface area (Å²) in [5.74, 6) is 0.344. The summed E-state index contributed by atoms with van der Waals surface area (Å²) in [6.07, 6.45) is 0. The summed E-state index contributed by atoms with van der Waals surface area (Å²) in [4.78, 5) is 24.7. The van der Waals surface area contributed by atoms with Crippen LogP contribution in [0.4, 0.5) is 10.1 Å². The SMILES string of the molecule is COc1cc(NC(=O)Cn2nc(-c3ccc(F)cc3OC)ccc2=O)cc(OC)c1. The molecule has 30 heavy (non-hydrogen) atoms. The minimum absolute atomic E-state index is 0.264. The lowest BCUT2D eigenvalue weighted by Gasteiger charge is -2.12. The fourth-order valence-corrected chi connectivity index (χ4v) is 2.80. The Morgan fingerprint density at radius 1 is 1.00 bits per heavy atom. The van der Waals surface area contributed by atoms with E-state index in [9.17, 15) is 14.0 Å². The molecule has 1 heterocycles. The van der Waals surface area contributed by atoms with Crippen molar-refractivity contribution in [3.63, 3.8) is 0 Å². The van der Waals surface area contributed by atoms with Crippen molar-refractivity contribution in [1.82, 2.24) is 9.78 Å². The van der Waals surface area contributed by atoms with Crippen molar-refractivity contribution in [1.29, 1.82) is 0 Å². The van der Waals surface area contributed by atoms with Gasteiger partial charge >= 0.3 is 0 Å². The summed E-state index contributed by atoms with van der Waals surface area (Å²) in [7, 11) is 4.41. The summed E-state index contributed by atoms with van der Waals surface area (Å²) in [6.45, 7) is -0.324. The van der Waals surface area contributed by atoms with Crippen LogP contribution in [-0.2, 0) is 11.3 Å². The fraction of sp³-hybridized carbons (Fsp3) is 0.190. The van der Waals surface area contributed by atoms with Gasteiger partial charge in [0.05, 0.1) is 27.0 Å². The van der Waals surface area contributed by atoms with E-state index in [1.807, 2.05) is 0 Å². The second-order valence-corrected chi connectivity index (χ2v) is 6.21. The number of nitrogens with zero attached hydrogens (tertiary/aromatic N) is 2. The van der Waals surface area contributed by atoms with Crippen LogP contribution in [0.1, 0.15) is 0 Å². The molecule has 1 aromatic heterocycles. The maximum atomic E-state index is 13.5. The zero-order valence-electron chi connectivity index (χ0n) is 16.6. The average molecular weight is 413 g/mol. The number of hydrogen-bond donors (Lipinski definition) is 1. The largest absolute Gasteiger partial charge is 0.497 e. The minimum Gasteiger partial charge on any atom is -0.497 e. The van der Waals surface area contributed by atoms with E-state index in [0.717, 1.165) is 4.68 Å². The van der Waals surface area contributed by atoms with Gasteiger partial charge in [-0.3, -0.25) is 9.59 Å². The second kappa shape index (κ2) is 9.08. The number of carbonyl (C=O) groups excluding carboxylic acids is 1. The van der Waals surface area contributed by atoms with E-state index in [1.165, 1.54) is 51.7 Å². The highest BCUT2D eigenvalue weighted by Gasteiger charge is 2.13. The van der Waals surface area contributed by atoms with Crippen LogP contribution in [0, 0.1) is 5.82 Å². The first-order valence-electron chi connectivity index (χ1n) is 8.88. The Labute approximate surface area is 171 Å². The fourth-order valence-electron chi connectivity index (χ4n) is 2.80. The number of methoxy groups -OCH3 is 3. The zero-order valence-corrected chi connectivity index (χ0v) is 16.6. The van der Waals surface area contributed by atoms with E-state index in [1.54, 1.807) is 18.2 Å². The molecule has 0 saturated carbocycles. The lowest BCUT2D eigenvalue weighted by atomic mass is 10.1. The van der Waals surface area contributed by atoms with E-state index < -0.39 is 17.3 Å². The summed E-state index contributed by atoms with van der Waals surface area (Å²) >= 11 is 0. The van der Waals surface area contributed by atoms with Crippen molar-refractivity contribution < 1.29 is 23.4 Å². The average Bonchev–Trinajstić information content (AvgIpc) is 2.74. The molecule has 0 spiro atoms. The van der Waals surface area contributed by atoms with Crippen LogP contribution < -0.4 is 25.1 Å². The van der Waals surface area contributed by atoms with Crippen molar-refractivity contribution in [2.45, 2.75) is 6.54 Å². The molecule has 3 rings (SSSR count). The van der Waals surface area contributed by atoms with E-state index in [0.29, 0.717) is 28.4 Å². The van der Waals surface area contributed by atoms with Gasteiger partial charge < -0.3 is 19.5 Å². The summed E-state index contributed by atoms with van der Waals surface area (Å²) in [5, 5.41) is 6.90. The van der Waals surface area contributed by atoms with Crippen molar-refractivity contribution >= 4 is 11.6 Å². The number of rotatable bonds is 7. The van der Waals surface area contributed by atoms with Crippen LogP contribution >= 0.6 is 0 Å². The van der Waals surface area contributed by atoms with Crippen molar-refractivity contribution in [2.24, 2.45) is 0 Å². The van der Waals surface area contributed by atoms with Gasteiger partial charge in [-0.25, -0.2) is 9.07 Å². The molecule has 1 N–H and O–H groups in total. The molecule has 0 saturated heterocycles. The normalized spacial score (nSPS) is 10.4. The highest BCUT2D eigenvalue weighted by molar-refractivity contribution is 5.91. The monoisotopic (exact) mass is 413 g/mol. The summed E-state index contributed by atoms with van der Waals surface area (Å²) in [5.41, 5.74) is 0.840. The number of aromatic nitrogens is 2. The van der Waals surface area contributed by atoms with Gasteiger partial charge in [-0.15, -0.1) is 0 Å². The number of nitrogens with one attached hydrogen (secondary N) is 1. The Kier molecular flexibility index (Phi) is 6.31. The quantitative estimate of drug-likeness (QED) is 0.640. The third-order valence-electron chi connectivity index (χ3n) is 4.23.